The van der Waals surface area contributed by atoms with E-state index in [1.165, 1.54) is 0 Å². The predicted molar refractivity (Wildman–Crippen MR) is 107 cm³/mol. The molecule has 2 aromatic rings. The van der Waals surface area contributed by atoms with Crippen molar-refractivity contribution in [1.82, 2.24) is 5.32 Å². The average Bonchev–Trinajstić information content (AvgIpc) is 2.68. The molecule has 0 heterocycles. The number of amides is 1. The number of ether oxygens (including phenoxy) is 4. The summed E-state index contributed by atoms with van der Waals surface area (Å²) in [6.45, 7) is 0.493. The van der Waals surface area contributed by atoms with Crippen LogP contribution in [0, 0.1) is 0 Å². The molecule has 1 amide bonds. The maximum Gasteiger partial charge on any atom is 0.224 e. The summed E-state index contributed by atoms with van der Waals surface area (Å²) in [5.74, 6) is 2.49. The van der Waals surface area contributed by atoms with Crippen molar-refractivity contribution >= 4 is 21.8 Å². The molecule has 6 nitrogen and oxygen atoms in total. The van der Waals surface area contributed by atoms with Gasteiger partial charge < -0.3 is 24.3 Å². The van der Waals surface area contributed by atoms with E-state index in [1.54, 1.807) is 40.6 Å². The molecule has 0 aliphatic rings. The Hall–Kier alpha value is -2.41. The Morgan fingerprint density at radius 1 is 0.926 bits per heavy atom. The molecule has 2 rings (SSSR count). The minimum absolute atomic E-state index is 0.0646. The Bertz CT molecular complexity index is 794. The van der Waals surface area contributed by atoms with Crippen LogP contribution in [0.15, 0.2) is 34.8 Å². The fraction of sp³-hybridized carbons (Fsp3) is 0.350. The van der Waals surface area contributed by atoms with Crippen LogP contribution in [-0.2, 0) is 17.6 Å². The van der Waals surface area contributed by atoms with Gasteiger partial charge in [-0.3, -0.25) is 4.79 Å². The lowest BCUT2D eigenvalue weighted by Gasteiger charge is -2.14. The van der Waals surface area contributed by atoms with Crippen molar-refractivity contribution in [3.05, 3.63) is 45.9 Å². The smallest absolute Gasteiger partial charge is 0.224 e. The van der Waals surface area contributed by atoms with Crippen LogP contribution in [0.2, 0.25) is 0 Å². The fourth-order valence-electron chi connectivity index (χ4n) is 2.77. The van der Waals surface area contributed by atoms with Crippen LogP contribution in [0.4, 0.5) is 0 Å². The number of methoxy groups -OCH3 is 4. The molecule has 0 aliphatic carbocycles. The molecule has 1 N–H and O–H groups in total. The molecular formula is C20H24BrNO5. The first-order valence-electron chi connectivity index (χ1n) is 8.41. The molecule has 0 aromatic heterocycles. The highest BCUT2D eigenvalue weighted by Crippen LogP contribution is 2.38. The lowest BCUT2D eigenvalue weighted by Crippen LogP contribution is -2.27. The van der Waals surface area contributed by atoms with Crippen molar-refractivity contribution in [2.75, 3.05) is 35.0 Å². The third kappa shape index (κ3) is 5.29. The Morgan fingerprint density at radius 3 is 2.26 bits per heavy atom. The summed E-state index contributed by atoms with van der Waals surface area (Å²) < 4.78 is 22.1. The van der Waals surface area contributed by atoms with Crippen LogP contribution in [0.1, 0.15) is 11.1 Å². The normalized spacial score (nSPS) is 10.3. The highest BCUT2D eigenvalue weighted by atomic mass is 79.9. The standard InChI is InChI=1S/C20H24BrNO5/c1-24-16-8-5-13(11-17(16)25-2)12-18(23)22-10-9-14-6-7-15(21)20(27-4)19(14)26-3/h5-8,11H,9-10,12H2,1-4H3,(H,22,23). The second-order valence-corrected chi connectivity index (χ2v) is 6.59. The molecule has 0 fully saturated rings. The van der Waals surface area contributed by atoms with E-state index in [0.29, 0.717) is 36.0 Å². The second-order valence-electron chi connectivity index (χ2n) is 5.74. The molecule has 0 bridgehead atoms. The summed E-state index contributed by atoms with van der Waals surface area (Å²) in [5, 5.41) is 2.93. The van der Waals surface area contributed by atoms with E-state index in [0.717, 1.165) is 15.6 Å². The topological polar surface area (TPSA) is 66.0 Å². The van der Waals surface area contributed by atoms with Crippen molar-refractivity contribution in [2.24, 2.45) is 0 Å². The Kier molecular flexibility index (Phi) is 7.79. The Morgan fingerprint density at radius 2 is 1.63 bits per heavy atom. The maximum atomic E-state index is 12.2. The van der Waals surface area contributed by atoms with E-state index < -0.39 is 0 Å². The number of carbonyl (C=O) groups excluding carboxylic acids is 1. The first-order valence-corrected chi connectivity index (χ1v) is 9.20. The maximum absolute atomic E-state index is 12.2. The molecule has 27 heavy (non-hydrogen) atoms. The molecule has 0 saturated carbocycles. The third-order valence-electron chi connectivity index (χ3n) is 4.08. The van der Waals surface area contributed by atoms with Crippen LogP contribution in [0.3, 0.4) is 0 Å². The first-order chi connectivity index (χ1) is 13.0. The van der Waals surface area contributed by atoms with Gasteiger partial charge in [0.2, 0.25) is 5.91 Å². The lowest BCUT2D eigenvalue weighted by atomic mass is 10.1. The van der Waals surface area contributed by atoms with Gasteiger partial charge in [0.05, 0.1) is 39.3 Å². The first kappa shape index (κ1) is 20.9. The molecule has 0 unspecified atom stereocenters. The zero-order chi connectivity index (χ0) is 19.8. The summed E-state index contributed by atoms with van der Waals surface area (Å²) in [7, 11) is 6.35. The number of benzene rings is 2. The summed E-state index contributed by atoms with van der Waals surface area (Å²) in [6, 6.07) is 9.30. The summed E-state index contributed by atoms with van der Waals surface area (Å²) in [5.41, 5.74) is 1.82. The van der Waals surface area contributed by atoms with E-state index in [2.05, 4.69) is 21.2 Å². The number of hydrogen-bond acceptors (Lipinski definition) is 5. The van der Waals surface area contributed by atoms with Gasteiger partial charge in [0.1, 0.15) is 0 Å². The molecule has 0 saturated heterocycles. The third-order valence-corrected chi connectivity index (χ3v) is 4.71. The minimum atomic E-state index is -0.0646. The van der Waals surface area contributed by atoms with E-state index in [-0.39, 0.29) is 12.3 Å². The highest BCUT2D eigenvalue weighted by Gasteiger charge is 2.14. The van der Waals surface area contributed by atoms with Crippen LogP contribution in [0.5, 0.6) is 23.0 Å². The predicted octanol–water partition coefficient (Wildman–Crippen LogP) is 3.38. The molecule has 0 atom stereocenters. The molecule has 0 spiro atoms. The molecule has 7 heteroatoms. The van der Waals surface area contributed by atoms with E-state index in [1.807, 2.05) is 18.2 Å². The minimum Gasteiger partial charge on any atom is -0.493 e. The number of carbonyl (C=O) groups is 1. The molecule has 2 aromatic carbocycles. The summed E-state index contributed by atoms with van der Waals surface area (Å²) in [6.07, 6.45) is 0.894. The quantitative estimate of drug-likeness (QED) is 0.651. The monoisotopic (exact) mass is 437 g/mol. The zero-order valence-corrected chi connectivity index (χ0v) is 17.5. The summed E-state index contributed by atoms with van der Waals surface area (Å²) >= 11 is 3.44. The van der Waals surface area contributed by atoms with Gasteiger partial charge in [0.15, 0.2) is 23.0 Å². The number of hydrogen-bond donors (Lipinski definition) is 1. The zero-order valence-electron chi connectivity index (χ0n) is 15.9. The van der Waals surface area contributed by atoms with Crippen LogP contribution >= 0.6 is 15.9 Å². The molecule has 146 valence electrons. The van der Waals surface area contributed by atoms with E-state index in [4.69, 9.17) is 18.9 Å². The van der Waals surface area contributed by atoms with E-state index in [9.17, 15) is 4.79 Å². The van der Waals surface area contributed by atoms with E-state index >= 15 is 0 Å². The van der Waals surface area contributed by atoms with Gasteiger partial charge >= 0.3 is 0 Å². The second kappa shape index (κ2) is 10.1. The highest BCUT2D eigenvalue weighted by molar-refractivity contribution is 9.10. The van der Waals surface area contributed by atoms with Crippen molar-refractivity contribution in [3.63, 3.8) is 0 Å². The molecular weight excluding hydrogens is 414 g/mol. The molecule has 0 radical (unpaired) electrons. The van der Waals surface area contributed by atoms with Gasteiger partial charge in [0, 0.05) is 6.54 Å². The van der Waals surface area contributed by atoms with Gasteiger partial charge in [-0.2, -0.15) is 0 Å². The van der Waals surface area contributed by atoms with Crippen molar-refractivity contribution in [1.29, 1.82) is 0 Å². The fourth-order valence-corrected chi connectivity index (χ4v) is 3.24. The van der Waals surface area contributed by atoms with Crippen LogP contribution in [-0.4, -0.2) is 40.9 Å². The van der Waals surface area contributed by atoms with Crippen LogP contribution in [0.25, 0.3) is 0 Å². The Labute approximate surface area is 167 Å². The van der Waals surface area contributed by atoms with Crippen molar-refractivity contribution in [3.8, 4) is 23.0 Å². The van der Waals surface area contributed by atoms with Gasteiger partial charge in [-0.1, -0.05) is 12.1 Å². The van der Waals surface area contributed by atoms with Gasteiger partial charge in [-0.05, 0) is 51.7 Å². The molecule has 0 aliphatic heterocycles. The number of rotatable bonds is 9. The van der Waals surface area contributed by atoms with Crippen LogP contribution < -0.4 is 24.3 Å². The SMILES string of the molecule is COc1ccc(CC(=O)NCCc2ccc(Br)c(OC)c2OC)cc1OC. The van der Waals surface area contributed by atoms with Gasteiger partial charge in [0.25, 0.3) is 0 Å². The lowest BCUT2D eigenvalue weighted by molar-refractivity contribution is -0.120. The number of nitrogens with one attached hydrogen (secondary N) is 1. The van der Waals surface area contributed by atoms with Crippen molar-refractivity contribution < 1.29 is 23.7 Å². The van der Waals surface area contributed by atoms with Gasteiger partial charge in [-0.25, -0.2) is 0 Å². The van der Waals surface area contributed by atoms with Gasteiger partial charge in [-0.15, -0.1) is 0 Å². The Balaban J connectivity index is 1.95. The average molecular weight is 438 g/mol. The largest absolute Gasteiger partial charge is 0.493 e. The van der Waals surface area contributed by atoms with Crippen molar-refractivity contribution in [2.45, 2.75) is 12.8 Å². The summed E-state index contributed by atoms with van der Waals surface area (Å²) in [4.78, 5) is 12.2. The number of halogens is 1.